The van der Waals surface area contributed by atoms with Crippen molar-refractivity contribution in [3.63, 3.8) is 0 Å². The van der Waals surface area contributed by atoms with E-state index in [0.717, 1.165) is 22.4 Å². The molecule has 0 N–H and O–H groups in total. The van der Waals surface area contributed by atoms with Crippen LogP contribution in [-0.2, 0) is 4.74 Å². The lowest BCUT2D eigenvalue weighted by atomic mass is 9.98. The number of hydrogen-bond acceptors (Lipinski definition) is 4. The van der Waals surface area contributed by atoms with E-state index in [1.54, 1.807) is 24.0 Å². The Balaban J connectivity index is 1.55. The van der Waals surface area contributed by atoms with Crippen LogP contribution in [0.4, 0.5) is 4.79 Å². The normalized spacial score (nSPS) is 21.3. The fourth-order valence-electron chi connectivity index (χ4n) is 4.11. The third kappa shape index (κ3) is 3.19. The Hall–Kier alpha value is -3.02. The molecule has 146 valence electrons. The number of rotatable bonds is 3. The number of likely N-dealkylation sites (tertiary alicyclic amines) is 1. The molecular formula is C22H24N2O4. The highest BCUT2D eigenvalue weighted by atomic mass is 16.6. The second kappa shape index (κ2) is 6.86. The number of carbonyl (C=O) groups is 2. The summed E-state index contributed by atoms with van der Waals surface area (Å²) in [5, 5.41) is 0. The second-order valence-electron chi connectivity index (χ2n) is 7.65. The summed E-state index contributed by atoms with van der Waals surface area (Å²) in [5.41, 5.74) is 3.23. The number of likely N-dealkylation sites (N-methyl/N-ethyl adjacent to an activating group) is 1. The first-order chi connectivity index (χ1) is 13.4. The molecule has 4 rings (SSSR count). The molecule has 6 heteroatoms. The number of carbonyl (C=O) groups excluding carboxylic acids is 2. The van der Waals surface area contributed by atoms with Crippen LogP contribution in [0.2, 0.25) is 0 Å². The predicted octanol–water partition coefficient (Wildman–Crippen LogP) is 3.34. The van der Waals surface area contributed by atoms with Gasteiger partial charge in [0.15, 0.2) is 5.60 Å². The summed E-state index contributed by atoms with van der Waals surface area (Å²) in [6, 6.07) is 13.6. The molecule has 2 aromatic rings. The molecule has 0 saturated carbocycles. The summed E-state index contributed by atoms with van der Waals surface area (Å²) in [6.45, 7) is 3.58. The van der Waals surface area contributed by atoms with Gasteiger partial charge in [-0.05, 0) is 47.9 Å². The second-order valence-corrected chi connectivity index (χ2v) is 7.65. The molecule has 0 unspecified atom stereocenters. The van der Waals surface area contributed by atoms with Crippen LogP contribution in [0.15, 0.2) is 42.5 Å². The standard InChI is InChI=1S/C22H24N2O4/c1-15-11-18(27-3)7-8-19(15)16-5-4-6-17(12-16)20(25)24-10-9-22(14-24)13-23(2)21(26)28-22/h4-8,11-12H,9-10,13-14H2,1-3H3/t22-/m1/s1. The zero-order valence-corrected chi connectivity index (χ0v) is 16.4. The zero-order chi connectivity index (χ0) is 19.9. The highest BCUT2D eigenvalue weighted by Gasteiger charge is 2.49. The summed E-state index contributed by atoms with van der Waals surface area (Å²) in [5.74, 6) is 0.780. The van der Waals surface area contributed by atoms with Gasteiger partial charge in [0, 0.05) is 25.6 Å². The number of benzene rings is 2. The average molecular weight is 380 g/mol. The lowest BCUT2D eigenvalue weighted by Crippen LogP contribution is -2.39. The van der Waals surface area contributed by atoms with Crippen LogP contribution < -0.4 is 4.74 Å². The highest BCUT2D eigenvalue weighted by molar-refractivity contribution is 5.96. The molecule has 1 atom stereocenters. The SMILES string of the molecule is COc1ccc(-c2cccc(C(=O)N3CC[C@@]4(CN(C)C(=O)O4)C3)c2)c(C)c1. The van der Waals surface area contributed by atoms with Crippen molar-refractivity contribution < 1.29 is 19.1 Å². The number of amides is 2. The first-order valence-corrected chi connectivity index (χ1v) is 9.39. The molecule has 2 saturated heterocycles. The summed E-state index contributed by atoms with van der Waals surface area (Å²) < 4.78 is 10.8. The van der Waals surface area contributed by atoms with Gasteiger partial charge in [-0.3, -0.25) is 4.79 Å². The average Bonchev–Trinajstić information content (AvgIpc) is 3.22. The number of methoxy groups -OCH3 is 1. The first kappa shape index (κ1) is 18.3. The third-order valence-corrected chi connectivity index (χ3v) is 5.60. The van der Waals surface area contributed by atoms with Crippen molar-refractivity contribution in [1.82, 2.24) is 9.80 Å². The quantitative estimate of drug-likeness (QED) is 0.820. The van der Waals surface area contributed by atoms with E-state index in [1.165, 1.54) is 0 Å². The van der Waals surface area contributed by atoms with Gasteiger partial charge in [-0.2, -0.15) is 0 Å². The molecular weight excluding hydrogens is 356 g/mol. The Bertz CT molecular complexity index is 942. The fraction of sp³-hybridized carbons (Fsp3) is 0.364. The minimum absolute atomic E-state index is 0.0320. The van der Waals surface area contributed by atoms with Gasteiger partial charge in [-0.15, -0.1) is 0 Å². The summed E-state index contributed by atoms with van der Waals surface area (Å²) in [7, 11) is 3.37. The summed E-state index contributed by atoms with van der Waals surface area (Å²) >= 11 is 0. The molecule has 6 nitrogen and oxygen atoms in total. The van der Waals surface area contributed by atoms with Gasteiger partial charge in [0.25, 0.3) is 5.91 Å². The first-order valence-electron chi connectivity index (χ1n) is 9.39. The van der Waals surface area contributed by atoms with Gasteiger partial charge in [0.1, 0.15) is 5.75 Å². The topological polar surface area (TPSA) is 59.1 Å². The van der Waals surface area contributed by atoms with E-state index < -0.39 is 5.60 Å². The van der Waals surface area contributed by atoms with E-state index in [-0.39, 0.29) is 12.0 Å². The molecule has 1 spiro atoms. The number of aryl methyl sites for hydroxylation is 1. The van der Waals surface area contributed by atoms with Gasteiger partial charge in [-0.1, -0.05) is 18.2 Å². The van der Waals surface area contributed by atoms with Gasteiger partial charge < -0.3 is 19.3 Å². The molecule has 0 aromatic heterocycles. The van der Waals surface area contributed by atoms with Crippen molar-refractivity contribution in [2.24, 2.45) is 0 Å². The van der Waals surface area contributed by atoms with Gasteiger partial charge >= 0.3 is 6.09 Å². The van der Waals surface area contributed by atoms with Crippen molar-refractivity contribution in [2.45, 2.75) is 18.9 Å². The predicted molar refractivity (Wildman–Crippen MR) is 106 cm³/mol. The minimum atomic E-state index is -0.564. The Morgan fingerprint density at radius 1 is 1.18 bits per heavy atom. The van der Waals surface area contributed by atoms with Gasteiger partial charge in [0.2, 0.25) is 0 Å². The van der Waals surface area contributed by atoms with Crippen LogP contribution in [0, 0.1) is 6.92 Å². The van der Waals surface area contributed by atoms with Crippen molar-refractivity contribution in [3.05, 3.63) is 53.6 Å². The van der Waals surface area contributed by atoms with Crippen LogP contribution in [0.1, 0.15) is 22.3 Å². The molecule has 2 amide bonds. The van der Waals surface area contributed by atoms with E-state index in [4.69, 9.17) is 9.47 Å². The third-order valence-electron chi connectivity index (χ3n) is 5.60. The number of ether oxygens (including phenoxy) is 2. The lowest BCUT2D eigenvalue weighted by molar-refractivity contribution is 0.0553. The monoisotopic (exact) mass is 380 g/mol. The van der Waals surface area contributed by atoms with E-state index >= 15 is 0 Å². The van der Waals surface area contributed by atoms with Crippen LogP contribution in [0.25, 0.3) is 11.1 Å². The van der Waals surface area contributed by atoms with E-state index in [1.807, 2.05) is 49.4 Å². The van der Waals surface area contributed by atoms with Crippen LogP contribution in [0.3, 0.4) is 0 Å². The molecule has 28 heavy (non-hydrogen) atoms. The van der Waals surface area contributed by atoms with Crippen LogP contribution in [-0.4, -0.2) is 61.2 Å². The van der Waals surface area contributed by atoms with Gasteiger partial charge in [-0.25, -0.2) is 4.79 Å². The maximum absolute atomic E-state index is 13.1. The van der Waals surface area contributed by atoms with Crippen molar-refractivity contribution >= 4 is 12.0 Å². The van der Waals surface area contributed by atoms with Gasteiger partial charge in [0.05, 0.1) is 20.2 Å². The summed E-state index contributed by atoms with van der Waals surface area (Å²) in [4.78, 5) is 28.2. The molecule has 0 radical (unpaired) electrons. The molecule has 2 fully saturated rings. The Kier molecular flexibility index (Phi) is 4.49. The van der Waals surface area contributed by atoms with E-state index in [9.17, 15) is 9.59 Å². The fourth-order valence-corrected chi connectivity index (χ4v) is 4.11. The zero-order valence-electron chi connectivity index (χ0n) is 16.4. The van der Waals surface area contributed by atoms with E-state index in [2.05, 4.69) is 0 Å². The smallest absolute Gasteiger partial charge is 0.410 e. The Morgan fingerprint density at radius 3 is 2.68 bits per heavy atom. The van der Waals surface area contributed by atoms with Crippen molar-refractivity contribution in [3.8, 4) is 16.9 Å². The highest BCUT2D eigenvalue weighted by Crippen LogP contribution is 2.33. The molecule has 0 bridgehead atoms. The minimum Gasteiger partial charge on any atom is -0.497 e. The number of hydrogen-bond donors (Lipinski definition) is 0. The number of nitrogens with zero attached hydrogens (tertiary/aromatic N) is 2. The largest absolute Gasteiger partial charge is 0.497 e. The summed E-state index contributed by atoms with van der Waals surface area (Å²) in [6.07, 6.45) is 0.359. The lowest BCUT2D eigenvalue weighted by Gasteiger charge is -2.22. The molecule has 0 aliphatic carbocycles. The molecule has 2 aromatic carbocycles. The van der Waals surface area contributed by atoms with E-state index in [0.29, 0.717) is 31.6 Å². The van der Waals surface area contributed by atoms with Crippen molar-refractivity contribution in [1.29, 1.82) is 0 Å². The Morgan fingerprint density at radius 2 is 2.00 bits per heavy atom. The molecule has 2 heterocycles. The van der Waals surface area contributed by atoms with Crippen LogP contribution in [0.5, 0.6) is 5.75 Å². The van der Waals surface area contributed by atoms with Crippen LogP contribution >= 0.6 is 0 Å². The van der Waals surface area contributed by atoms with Crippen molar-refractivity contribution in [2.75, 3.05) is 33.8 Å². The molecule has 2 aliphatic rings. The molecule has 2 aliphatic heterocycles. The maximum Gasteiger partial charge on any atom is 0.410 e. The Labute approximate surface area is 164 Å². The maximum atomic E-state index is 13.1.